The molecule has 0 heterocycles. The molecule has 1 aromatic carbocycles. The van der Waals surface area contributed by atoms with Crippen LogP contribution >= 0.6 is 0 Å². The highest BCUT2D eigenvalue weighted by atomic mass is 16.5. The molecule has 2 N–H and O–H groups in total. The summed E-state index contributed by atoms with van der Waals surface area (Å²) in [5.41, 5.74) is 0.836. The zero-order valence-corrected chi connectivity index (χ0v) is 11.6. The summed E-state index contributed by atoms with van der Waals surface area (Å²) in [5, 5.41) is 11.4. The van der Waals surface area contributed by atoms with Crippen molar-refractivity contribution in [2.75, 3.05) is 7.11 Å². The number of carboxylic acid groups (broad SMARTS) is 1. The Bertz CT molecular complexity index is 479. The molecule has 0 saturated carbocycles. The van der Waals surface area contributed by atoms with Crippen LogP contribution in [0.3, 0.4) is 0 Å². The van der Waals surface area contributed by atoms with Crippen LogP contribution in [-0.4, -0.2) is 30.1 Å². The standard InChI is InChI=1S/C15H19NO4/c1-3-4-13(15(18)19)16-14(17)10-7-11-5-8-12(20-2)9-6-11/h5-10,13H,3-4H2,1-2H3,(H,16,17)(H,18,19)/b10-7+/t13-/m1/s1. The summed E-state index contributed by atoms with van der Waals surface area (Å²) in [6, 6.07) is 6.35. The van der Waals surface area contributed by atoms with Gasteiger partial charge < -0.3 is 15.2 Å². The number of carbonyl (C=O) groups is 2. The van der Waals surface area contributed by atoms with Gasteiger partial charge >= 0.3 is 5.97 Å². The fourth-order valence-electron chi connectivity index (χ4n) is 1.65. The molecule has 1 amide bonds. The minimum absolute atomic E-state index is 0.414. The summed E-state index contributed by atoms with van der Waals surface area (Å²) in [5.74, 6) is -0.694. The normalized spacial score (nSPS) is 12.1. The summed E-state index contributed by atoms with van der Waals surface area (Å²) in [6.07, 6.45) is 4.06. The Morgan fingerprint density at radius 3 is 2.50 bits per heavy atom. The van der Waals surface area contributed by atoms with Crippen LogP contribution in [0.25, 0.3) is 6.08 Å². The molecule has 0 spiro atoms. The molecule has 1 aromatic rings. The molecule has 0 saturated heterocycles. The maximum Gasteiger partial charge on any atom is 0.326 e. The number of carboxylic acids is 1. The average molecular weight is 277 g/mol. The highest BCUT2D eigenvalue weighted by Crippen LogP contribution is 2.12. The zero-order chi connectivity index (χ0) is 15.0. The van der Waals surface area contributed by atoms with Crippen molar-refractivity contribution in [3.63, 3.8) is 0 Å². The van der Waals surface area contributed by atoms with Crippen LogP contribution < -0.4 is 10.1 Å². The Kier molecular flexibility index (Phi) is 6.29. The highest BCUT2D eigenvalue weighted by Gasteiger charge is 2.17. The molecule has 0 bridgehead atoms. The lowest BCUT2D eigenvalue weighted by Crippen LogP contribution is -2.39. The van der Waals surface area contributed by atoms with Crippen molar-refractivity contribution < 1.29 is 19.4 Å². The van der Waals surface area contributed by atoms with E-state index in [4.69, 9.17) is 9.84 Å². The molecule has 0 unspecified atom stereocenters. The van der Waals surface area contributed by atoms with Crippen LogP contribution in [0.1, 0.15) is 25.3 Å². The van der Waals surface area contributed by atoms with Crippen LogP contribution in [0.15, 0.2) is 30.3 Å². The number of hydrogen-bond donors (Lipinski definition) is 2. The Morgan fingerprint density at radius 1 is 1.35 bits per heavy atom. The van der Waals surface area contributed by atoms with Gasteiger partial charge in [-0.1, -0.05) is 25.5 Å². The lowest BCUT2D eigenvalue weighted by molar-refractivity contribution is -0.141. The van der Waals surface area contributed by atoms with Crippen LogP contribution in [0.5, 0.6) is 5.75 Å². The first-order valence-corrected chi connectivity index (χ1v) is 6.42. The van der Waals surface area contributed by atoms with Crippen LogP contribution in [0.4, 0.5) is 0 Å². The van der Waals surface area contributed by atoms with Crippen molar-refractivity contribution in [1.29, 1.82) is 0 Å². The number of aliphatic carboxylic acids is 1. The van der Waals surface area contributed by atoms with Crippen LogP contribution in [0, 0.1) is 0 Å². The number of methoxy groups -OCH3 is 1. The number of benzene rings is 1. The third-order valence-electron chi connectivity index (χ3n) is 2.73. The number of carbonyl (C=O) groups excluding carboxylic acids is 1. The Morgan fingerprint density at radius 2 is 2.00 bits per heavy atom. The van der Waals surface area contributed by atoms with E-state index < -0.39 is 17.9 Å². The first-order chi connectivity index (χ1) is 9.56. The fraction of sp³-hybridized carbons (Fsp3) is 0.333. The molecule has 0 radical (unpaired) electrons. The van der Waals surface area contributed by atoms with E-state index in [1.165, 1.54) is 6.08 Å². The second-order valence-electron chi connectivity index (χ2n) is 4.29. The second-order valence-corrected chi connectivity index (χ2v) is 4.29. The number of hydrogen-bond acceptors (Lipinski definition) is 3. The molecule has 0 aromatic heterocycles. The smallest absolute Gasteiger partial charge is 0.326 e. The van der Waals surface area contributed by atoms with E-state index in [1.54, 1.807) is 25.3 Å². The number of rotatable bonds is 7. The van der Waals surface area contributed by atoms with E-state index in [0.717, 1.165) is 11.3 Å². The van der Waals surface area contributed by atoms with Gasteiger partial charge in [0.2, 0.25) is 5.91 Å². The Balaban J connectivity index is 2.59. The van der Waals surface area contributed by atoms with E-state index >= 15 is 0 Å². The van der Waals surface area contributed by atoms with Crippen molar-refractivity contribution in [3.8, 4) is 5.75 Å². The van der Waals surface area contributed by atoms with E-state index in [9.17, 15) is 9.59 Å². The lowest BCUT2D eigenvalue weighted by Gasteiger charge is -2.11. The highest BCUT2D eigenvalue weighted by molar-refractivity contribution is 5.94. The quantitative estimate of drug-likeness (QED) is 0.748. The molecule has 108 valence electrons. The molecule has 0 fully saturated rings. The van der Waals surface area contributed by atoms with Crippen molar-refractivity contribution in [2.45, 2.75) is 25.8 Å². The predicted octanol–water partition coefficient (Wildman–Crippen LogP) is 2.08. The minimum atomic E-state index is -1.02. The lowest BCUT2D eigenvalue weighted by atomic mass is 10.1. The van der Waals surface area contributed by atoms with Gasteiger partial charge in [-0.05, 0) is 30.2 Å². The molecular weight excluding hydrogens is 258 g/mol. The third kappa shape index (κ3) is 5.14. The van der Waals surface area contributed by atoms with E-state index in [1.807, 2.05) is 19.1 Å². The van der Waals surface area contributed by atoms with E-state index in [2.05, 4.69) is 5.32 Å². The fourth-order valence-corrected chi connectivity index (χ4v) is 1.65. The number of amides is 1. The molecule has 0 aliphatic carbocycles. The molecule has 1 rings (SSSR count). The topological polar surface area (TPSA) is 75.6 Å². The Labute approximate surface area is 118 Å². The van der Waals surface area contributed by atoms with Gasteiger partial charge in [0.25, 0.3) is 0 Å². The van der Waals surface area contributed by atoms with E-state index in [-0.39, 0.29) is 0 Å². The van der Waals surface area contributed by atoms with Gasteiger partial charge in [0.15, 0.2) is 0 Å². The van der Waals surface area contributed by atoms with Gasteiger partial charge in [0, 0.05) is 6.08 Å². The van der Waals surface area contributed by atoms with Gasteiger partial charge in [-0.2, -0.15) is 0 Å². The zero-order valence-electron chi connectivity index (χ0n) is 11.6. The molecule has 0 aliphatic heterocycles. The van der Waals surface area contributed by atoms with Crippen molar-refractivity contribution in [1.82, 2.24) is 5.32 Å². The summed E-state index contributed by atoms with van der Waals surface area (Å²) in [7, 11) is 1.58. The largest absolute Gasteiger partial charge is 0.497 e. The molecular formula is C15H19NO4. The van der Waals surface area contributed by atoms with Gasteiger partial charge in [0.1, 0.15) is 11.8 Å². The van der Waals surface area contributed by atoms with Crippen molar-refractivity contribution in [3.05, 3.63) is 35.9 Å². The average Bonchev–Trinajstić information content (AvgIpc) is 2.45. The summed E-state index contributed by atoms with van der Waals surface area (Å²) >= 11 is 0. The monoisotopic (exact) mass is 277 g/mol. The molecule has 5 heteroatoms. The van der Waals surface area contributed by atoms with E-state index in [0.29, 0.717) is 12.8 Å². The van der Waals surface area contributed by atoms with Gasteiger partial charge in [0.05, 0.1) is 7.11 Å². The molecule has 20 heavy (non-hydrogen) atoms. The number of ether oxygens (including phenoxy) is 1. The molecule has 0 aliphatic rings. The number of nitrogens with one attached hydrogen (secondary N) is 1. The first kappa shape index (κ1) is 15.8. The third-order valence-corrected chi connectivity index (χ3v) is 2.73. The first-order valence-electron chi connectivity index (χ1n) is 6.42. The van der Waals surface area contributed by atoms with Gasteiger partial charge in [-0.25, -0.2) is 4.79 Å². The Hall–Kier alpha value is -2.30. The molecule has 1 atom stereocenters. The molecule has 5 nitrogen and oxygen atoms in total. The van der Waals surface area contributed by atoms with Crippen molar-refractivity contribution in [2.24, 2.45) is 0 Å². The summed E-state index contributed by atoms with van der Waals surface area (Å²) in [6.45, 7) is 1.87. The van der Waals surface area contributed by atoms with Crippen LogP contribution in [-0.2, 0) is 9.59 Å². The van der Waals surface area contributed by atoms with Gasteiger partial charge in [-0.3, -0.25) is 4.79 Å². The maximum atomic E-state index is 11.6. The summed E-state index contributed by atoms with van der Waals surface area (Å²) in [4.78, 5) is 22.6. The van der Waals surface area contributed by atoms with Gasteiger partial charge in [-0.15, -0.1) is 0 Å². The second kappa shape index (κ2) is 7.99. The SMILES string of the molecule is CCC[C@@H](NC(=O)/C=C/c1ccc(OC)cc1)C(=O)O. The van der Waals surface area contributed by atoms with Crippen LogP contribution in [0.2, 0.25) is 0 Å². The minimum Gasteiger partial charge on any atom is -0.497 e. The van der Waals surface area contributed by atoms with Crippen molar-refractivity contribution >= 4 is 18.0 Å². The summed E-state index contributed by atoms with van der Waals surface area (Å²) < 4.78 is 5.03. The maximum absolute atomic E-state index is 11.6. The predicted molar refractivity (Wildman–Crippen MR) is 76.5 cm³/mol.